The lowest BCUT2D eigenvalue weighted by atomic mass is 9.77. The number of pyridine rings is 1. The van der Waals surface area contributed by atoms with Crippen molar-refractivity contribution in [2.24, 2.45) is 0 Å². The molecule has 0 aliphatic carbocycles. The number of hydrogen-bond donors (Lipinski definition) is 1. The lowest BCUT2D eigenvalue weighted by Gasteiger charge is -2.49. The first kappa shape index (κ1) is 16.8. The van der Waals surface area contributed by atoms with Gasteiger partial charge in [-0.05, 0) is 31.4 Å². The number of aromatic nitrogens is 1. The molecule has 0 amide bonds. The molecule has 2 aliphatic heterocycles. The first-order valence-electron chi connectivity index (χ1n) is 8.52. The van der Waals surface area contributed by atoms with Gasteiger partial charge >= 0.3 is 0 Å². The van der Waals surface area contributed by atoms with Crippen molar-refractivity contribution < 1.29 is 14.6 Å². The van der Waals surface area contributed by atoms with Gasteiger partial charge in [0.25, 0.3) is 0 Å². The Morgan fingerprint density at radius 2 is 2.09 bits per heavy atom. The van der Waals surface area contributed by atoms with Crippen molar-refractivity contribution in [2.45, 2.75) is 50.4 Å². The normalized spacial score (nSPS) is 28.1. The predicted octanol–water partition coefficient (Wildman–Crippen LogP) is 1.91. The monoisotopic (exact) mass is 320 g/mol. The third-order valence-electron chi connectivity index (χ3n) is 5.17. The van der Waals surface area contributed by atoms with Gasteiger partial charge in [0.05, 0.1) is 30.1 Å². The van der Waals surface area contributed by atoms with E-state index in [2.05, 4.69) is 28.9 Å². The Labute approximate surface area is 138 Å². The summed E-state index contributed by atoms with van der Waals surface area (Å²) in [6, 6.07) is 4.22. The van der Waals surface area contributed by atoms with Crippen molar-refractivity contribution in [3.05, 3.63) is 29.6 Å². The summed E-state index contributed by atoms with van der Waals surface area (Å²) < 4.78 is 11.3. The molecule has 1 unspecified atom stereocenters. The molecule has 0 aromatic carbocycles. The first-order valence-corrected chi connectivity index (χ1v) is 8.52. The molecule has 1 N–H and O–H groups in total. The molecular weight excluding hydrogens is 292 g/mol. The standard InChI is InChI=1S/C18H28N2O3/c1-15-3-4-16(19-11-15)12-20-8-5-18(6-9-20)13-17(21,14-22-2)7-10-23-18/h3-4,11,21H,5-10,12-14H2,1-2H3. The fraction of sp³-hybridized carbons (Fsp3) is 0.722. The molecule has 1 aromatic heterocycles. The van der Waals surface area contributed by atoms with Crippen LogP contribution in [-0.4, -0.2) is 59.6 Å². The lowest BCUT2D eigenvalue weighted by Crippen LogP contribution is -2.55. The predicted molar refractivity (Wildman–Crippen MR) is 88.2 cm³/mol. The van der Waals surface area contributed by atoms with Crippen LogP contribution in [-0.2, 0) is 16.0 Å². The minimum absolute atomic E-state index is 0.178. The second-order valence-electron chi connectivity index (χ2n) is 7.22. The average molecular weight is 320 g/mol. The van der Waals surface area contributed by atoms with Gasteiger partial charge < -0.3 is 14.6 Å². The van der Waals surface area contributed by atoms with E-state index in [1.54, 1.807) is 7.11 Å². The van der Waals surface area contributed by atoms with Crippen molar-refractivity contribution in [1.29, 1.82) is 0 Å². The molecule has 2 fully saturated rings. The summed E-state index contributed by atoms with van der Waals surface area (Å²) >= 11 is 0. The number of aliphatic hydroxyl groups is 1. The zero-order chi connectivity index (χ0) is 16.3. The molecule has 2 saturated heterocycles. The molecule has 23 heavy (non-hydrogen) atoms. The number of hydrogen-bond acceptors (Lipinski definition) is 5. The number of likely N-dealkylation sites (tertiary alicyclic amines) is 1. The van der Waals surface area contributed by atoms with Crippen molar-refractivity contribution in [3.63, 3.8) is 0 Å². The Kier molecular flexibility index (Phi) is 5.01. The third kappa shape index (κ3) is 4.10. The van der Waals surface area contributed by atoms with Gasteiger partial charge in [-0.2, -0.15) is 0 Å². The third-order valence-corrected chi connectivity index (χ3v) is 5.17. The van der Waals surface area contributed by atoms with Crippen LogP contribution in [0.2, 0.25) is 0 Å². The highest BCUT2D eigenvalue weighted by Crippen LogP contribution is 2.39. The van der Waals surface area contributed by atoms with E-state index in [0.717, 1.165) is 38.2 Å². The summed E-state index contributed by atoms with van der Waals surface area (Å²) in [7, 11) is 1.65. The van der Waals surface area contributed by atoms with Crippen LogP contribution in [0.5, 0.6) is 0 Å². The highest BCUT2D eigenvalue weighted by molar-refractivity contribution is 5.12. The maximum absolute atomic E-state index is 10.7. The SMILES string of the molecule is COCC1(O)CCOC2(CCN(Cc3ccc(C)cn3)CC2)C1. The number of methoxy groups -OCH3 is 1. The van der Waals surface area contributed by atoms with E-state index in [1.807, 2.05) is 6.20 Å². The molecule has 3 rings (SSSR count). The number of rotatable bonds is 4. The van der Waals surface area contributed by atoms with Gasteiger partial charge in [0.2, 0.25) is 0 Å². The molecular formula is C18H28N2O3. The zero-order valence-electron chi connectivity index (χ0n) is 14.3. The smallest absolute Gasteiger partial charge is 0.0929 e. The Bertz CT molecular complexity index is 508. The van der Waals surface area contributed by atoms with Gasteiger partial charge in [0, 0.05) is 45.8 Å². The van der Waals surface area contributed by atoms with Crippen LogP contribution in [0, 0.1) is 6.92 Å². The van der Waals surface area contributed by atoms with Crippen LogP contribution in [0.1, 0.15) is 36.9 Å². The number of nitrogens with zero attached hydrogens (tertiary/aromatic N) is 2. The molecule has 3 heterocycles. The molecule has 2 aliphatic rings. The molecule has 5 heteroatoms. The molecule has 128 valence electrons. The minimum Gasteiger partial charge on any atom is -0.387 e. The highest BCUT2D eigenvalue weighted by Gasteiger charge is 2.46. The van der Waals surface area contributed by atoms with Gasteiger partial charge in [-0.15, -0.1) is 0 Å². The maximum atomic E-state index is 10.7. The maximum Gasteiger partial charge on any atom is 0.0929 e. The van der Waals surface area contributed by atoms with Crippen LogP contribution < -0.4 is 0 Å². The highest BCUT2D eigenvalue weighted by atomic mass is 16.5. The van der Waals surface area contributed by atoms with Crippen molar-refractivity contribution in [2.75, 3.05) is 33.4 Å². The largest absolute Gasteiger partial charge is 0.387 e. The Morgan fingerprint density at radius 3 is 2.74 bits per heavy atom. The van der Waals surface area contributed by atoms with E-state index < -0.39 is 5.60 Å². The Balaban J connectivity index is 1.56. The minimum atomic E-state index is -0.728. The van der Waals surface area contributed by atoms with Crippen molar-refractivity contribution in [3.8, 4) is 0 Å². The molecule has 1 aromatic rings. The Morgan fingerprint density at radius 1 is 1.30 bits per heavy atom. The van der Waals surface area contributed by atoms with Crippen LogP contribution in [0.4, 0.5) is 0 Å². The van der Waals surface area contributed by atoms with E-state index in [9.17, 15) is 5.11 Å². The molecule has 0 saturated carbocycles. The van der Waals surface area contributed by atoms with Crippen LogP contribution >= 0.6 is 0 Å². The summed E-state index contributed by atoms with van der Waals surface area (Å²) in [6.07, 6.45) is 5.20. The molecule has 0 bridgehead atoms. The zero-order valence-corrected chi connectivity index (χ0v) is 14.3. The fourth-order valence-electron chi connectivity index (χ4n) is 3.85. The van der Waals surface area contributed by atoms with E-state index in [-0.39, 0.29) is 5.60 Å². The molecule has 0 radical (unpaired) electrons. The van der Waals surface area contributed by atoms with Crippen LogP contribution in [0.25, 0.3) is 0 Å². The summed E-state index contributed by atoms with van der Waals surface area (Å²) in [5, 5.41) is 10.7. The van der Waals surface area contributed by atoms with E-state index in [0.29, 0.717) is 26.1 Å². The van der Waals surface area contributed by atoms with E-state index in [4.69, 9.17) is 9.47 Å². The van der Waals surface area contributed by atoms with Gasteiger partial charge in [-0.1, -0.05) is 6.07 Å². The van der Waals surface area contributed by atoms with Gasteiger partial charge in [0.1, 0.15) is 0 Å². The lowest BCUT2D eigenvalue weighted by molar-refractivity contribution is -0.191. The molecule has 5 nitrogen and oxygen atoms in total. The number of aryl methyl sites for hydroxylation is 1. The van der Waals surface area contributed by atoms with Crippen LogP contribution in [0.3, 0.4) is 0 Å². The Hall–Kier alpha value is -1.01. The first-order chi connectivity index (χ1) is 11.0. The van der Waals surface area contributed by atoms with Crippen molar-refractivity contribution >= 4 is 0 Å². The van der Waals surface area contributed by atoms with Gasteiger partial charge in [-0.25, -0.2) is 0 Å². The topological polar surface area (TPSA) is 54.8 Å². The average Bonchev–Trinajstić information content (AvgIpc) is 2.52. The van der Waals surface area contributed by atoms with Crippen molar-refractivity contribution in [1.82, 2.24) is 9.88 Å². The molecule has 1 spiro atoms. The van der Waals surface area contributed by atoms with E-state index >= 15 is 0 Å². The fourth-order valence-corrected chi connectivity index (χ4v) is 3.85. The number of piperidine rings is 1. The summed E-state index contributed by atoms with van der Waals surface area (Å²) in [5.74, 6) is 0. The summed E-state index contributed by atoms with van der Waals surface area (Å²) in [5.41, 5.74) is 1.41. The van der Waals surface area contributed by atoms with Gasteiger partial charge in [-0.3, -0.25) is 9.88 Å². The number of ether oxygens (including phenoxy) is 2. The molecule has 1 atom stereocenters. The second kappa shape index (κ2) is 6.85. The summed E-state index contributed by atoms with van der Waals surface area (Å²) in [6.45, 7) is 5.94. The van der Waals surface area contributed by atoms with Crippen LogP contribution in [0.15, 0.2) is 18.3 Å². The summed E-state index contributed by atoms with van der Waals surface area (Å²) in [4.78, 5) is 6.92. The quantitative estimate of drug-likeness (QED) is 0.918. The van der Waals surface area contributed by atoms with E-state index in [1.165, 1.54) is 5.56 Å². The second-order valence-corrected chi connectivity index (χ2v) is 7.22. The van der Waals surface area contributed by atoms with Gasteiger partial charge in [0.15, 0.2) is 0 Å².